The van der Waals surface area contributed by atoms with Crippen LogP contribution < -0.4 is 4.74 Å². The summed E-state index contributed by atoms with van der Waals surface area (Å²) in [5.74, 6) is -3.08. The average Bonchev–Trinajstić information content (AvgIpc) is 3.60. The molecule has 0 amide bonds. The van der Waals surface area contributed by atoms with E-state index in [-0.39, 0.29) is 46.0 Å². The van der Waals surface area contributed by atoms with Crippen molar-refractivity contribution in [1.29, 1.82) is 0 Å². The Balaban J connectivity index is 1.44. The van der Waals surface area contributed by atoms with Gasteiger partial charge in [0.1, 0.15) is 57.8 Å². The predicted octanol–water partition coefficient (Wildman–Crippen LogP) is 7.76. The van der Waals surface area contributed by atoms with E-state index in [0.717, 1.165) is 27.8 Å². The van der Waals surface area contributed by atoms with Gasteiger partial charge in [-0.05, 0) is 88.0 Å². The zero-order valence-electron chi connectivity index (χ0n) is 26.8. The van der Waals surface area contributed by atoms with Crippen molar-refractivity contribution in [2.75, 3.05) is 0 Å². The van der Waals surface area contributed by atoms with Crippen LogP contribution in [0.3, 0.4) is 0 Å². The Morgan fingerprint density at radius 3 is 1.41 bits per heavy atom. The minimum Gasteiger partial charge on any atom is -0.508 e. The van der Waals surface area contributed by atoms with Gasteiger partial charge in [0.15, 0.2) is 0 Å². The molecule has 0 radical (unpaired) electrons. The van der Waals surface area contributed by atoms with Gasteiger partial charge in [-0.3, -0.25) is 0 Å². The van der Waals surface area contributed by atoms with E-state index in [4.69, 9.17) is 4.74 Å². The van der Waals surface area contributed by atoms with E-state index in [9.17, 15) is 40.9 Å². The zero-order valence-corrected chi connectivity index (χ0v) is 26.8. The highest BCUT2D eigenvalue weighted by molar-refractivity contribution is 5.72. The number of hydrogen-bond acceptors (Lipinski definition) is 9. The maximum atomic E-state index is 12.1. The van der Waals surface area contributed by atoms with Crippen molar-refractivity contribution in [3.63, 3.8) is 0 Å². The summed E-state index contributed by atoms with van der Waals surface area (Å²) in [5.41, 5.74) is 5.99. The SMILES string of the molecule is Oc1ccc([C@@H]2c3c(O)cc4c5c3[C@H]([C@H](c3ccc(O)cc3)c3c(O)cc(O)cc3[C@H]5[C@H](c3ccc(O)cc3)O4)[C@@H]2c2cc(O)cc(O)c2)cc1. The fourth-order valence-electron chi connectivity index (χ4n) is 9.08. The van der Waals surface area contributed by atoms with Crippen molar-refractivity contribution in [3.8, 4) is 51.7 Å². The lowest BCUT2D eigenvalue weighted by molar-refractivity contribution is 0.221. The Labute approximate surface area is 291 Å². The van der Waals surface area contributed by atoms with Crippen LogP contribution in [0.5, 0.6) is 51.7 Å². The summed E-state index contributed by atoms with van der Waals surface area (Å²) < 4.78 is 6.70. The van der Waals surface area contributed by atoms with Crippen LogP contribution >= 0.6 is 0 Å². The molecule has 2 aliphatic carbocycles. The highest BCUT2D eigenvalue weighted by Gasteiger charge is 2.56. The summed E-state index contributed by atoms with van der Waals surface area (Å²) in [5, 5.41) is 87.6. The summed E-state index contributed by atoms with van der Waals surface area (Å²) >= 11 is 0. The fourth-order valence-corrected chi connectivity index (χ4v) is 9.08. The van der Waals surface area contributed by atoms with Crippen molar-refractivity contribution in [3.05, 3.63) is 159 Å². The summed E-state index contributed by atoms with van der Waals surface area (Å²) in [4.78, 5) is 0. The second-order valence-electron chi connectivity index (χ2n) is 13.7. The molecule has 3 aliphatic rings. The standard InChI is InChI=1S/C42H32O9/c43-23-7-1-19(2-8-23)33-35(22-13-26(46)15-27(47)14-22)40-34(20-3-9-24(44)10-4-20)36-29(16-28(48)17-30(36)49)37-39-32(18-31(50)38(33)41(39)40)51-42(37)21-5-11-25(45)12-6-21/h1-18,33-35,37,40,42-50H/t33-,34+,35+,37+,40+,42-/m0/s1. The topological polar surface area (TPSA) is 171 Å². The Hall–Kier alpha value is -6.48. The molecule has 0 bridgehead atoms. The van der Waals surface area contributed by atoms with E-state index < -0.39 is 35.7 Å². The second kappa shape index (κ2) is 11.0. The Bertz CT molecular complexity index is 2330. The van der Waals surface area contributed by atoms with Crippen molar-refractivity contribution >= 4 is 0 Å². The van der Waals surface area contributed by atoms with Gasteiger partial charge in [-0.1, -0.05) is 36.4 Å². The van der Waals surface area contributed by atoms with Crippen LogP contribution in [0.15, 0.2) is 109 Å². The maximum Gasteiger partial charge on any atom is 0.135 e. The maximum absolute atomic E-state index is 12.1. The number of phenols is 8. The van der Waals surface area contributed by atoms with Gasteiger partial charge in [-0.2, -0.15) is 0 Å². The third kappa shape index (κ3) is 4.61. The van der Waals surface area contributed by atoms with E-state index in [1.54, 1.807) is 97.1 Å². The number of phenolic OH excluding ortho intramolecular Hbond substituents is 8. The molecule has 0 saturated carbocycles. The molecule has 6 atom stereocenters. The van der Waals surface area contributed by atoms with Crippen LogP contribution in [-0.4, -0.2) is 40.9 Å². The molecule has 0 spiro atoms. The quantitative estimate of drug-likeness (QED) is 0.0927. The molecule has 6 aromatic carbocycles. The van der Waals surface area contributed by atoms with Gasteiger partial charge in [0.25, 0.3) is 0 Å². The minimum atomic E-state index is -0.693. The van der Waals surface area contributed by atoms with Crippen LogP contribution in [0.1, 0.15) is 85.8 Å². The van der Waals surface area contributed by atoms with Crippen molar-refractivity contribution in [1.82, 2.24) is 0 Å². The average molecular weight is 681 g/mol. The van der Waals surface area contributed by atoms with E-state index in [0.29, 0.717) is 28.0 Å². The molecule has 0 saturated heterocycles. The van der Waals surface area contributed by atoms with Crippen LogP contribution in [0.4, 0.5) is 0 Å². The summed E-state index contributed by atoms with van der Waals surface area (Å²) in [6, 6.07) is 29.0. The van der Waals surface area contributed by atoms with Crippen LogP contribution in [0, 0.1) is 0 Å². The molecular weight excluding hydrogens is 648 g/mol. The summed E-state index contributed by atoms with van der Waals surface area (Å²) in [7, 11) is 0. The molecule has 0 fully saturated rings. The lowest BCUT2D eigenvalue weighted by Gasteiger charge is -2.34. The number of fused-ring (bicyclic) bond motifs is 2. The molecule has 9 heteroatoms. The van der Waals surface area contributed by atoms with Gasteiger partial charge in [-0.15, -0.1) is 0 Å². The zero-order chi connectivity index (χ0) is 35.3. The number of hydrogen-bond donors (Lipinski definition) is 8. The van der Waals surface area contributed by atoms with Gasteiger partial charge < -0.3 is 45.6 Å². The molecule has 9 rings (SSSR count). The van der Waals surface area contributed by atoms with Crippen molar-refractivity contribution < 1.29 is 45.6 Å². The van der Waals surface area contributed by atoms with Gasteiger partial charge in [0.05, 0.1) is 5.92 Å². The van der Waals surface area contributed by atoms with E-state index in [2.05, 4.69) is 0 Å². The van der Waals surface area contributed by atoms with Gasteiger partial charge in [0, 0.05) is 58.6 Å². The molecule has 8 N–H and O–H groups in total. The monoisotopic (exact) mass is 680 g/mol. The molecule has 1 heterocycles. The predicted molar refractivity (Wildman–Crippen MR) is 186 cm³/mol. The van der Waals surface area contributed by atoms with Crippen molar-refractivity contribution in [2.45, 2.75) is 35.7 Å². The van der Waals surface area contributed by atoms with E-state index in [1.807, 2.05) is 0 Å². The molecule has 1 aliphatic heterocycles. The molecule has 9 nitrogen and oxygen atoms in total. The molecular formula is C42H32O9. The second-order valence-corrected chi connectivity index (χ2v) is 13.7. The Kier molecular flexibility index (Phi) is 6.60. The smallest absolute Gasteiger partial charge is 0.135 e. The molecule has 254 valence electrons. The Morgan fingerprint density at radius 1 is 0.353 bits per heavy atom. The van der Waals surface area contributed by atoms with Crippen LogP contribution in [0.2, 0.25) is 0 Å². The Morgan fingerprint density at radius 2 is 0.843 bits per heavy atom. The normalized spacial score (nSPS) is 22.5. The molecule has 0 unspecified atom stereocenters. The number of ether oxygens (including phenoxy) is 1. The van der Waals surface area contributed by atoms with E-state index >= 15 is 0 Å². The van der Waals surface area contributed by atoms with Crippen LogP contribution in [0.25, 0.3) is 0 Å². The summed E-state index contributed by atoms with van der Waals surface area (Å²) in [6.45, 7) is 0. The third-order valence-electron chi connectivity index (χ3n) is 10.9. The van der Waals surface area contributed by atoms with E-state index in [1.165, 1.54) is 12.1 Å². The summed E-state index contributed by atoms with van der Waals surface area (Å²) in [6.07, 6.45) is -0.693. The molecule has 6 aromatic rings. The van der Waals surface area contributed by atoms with Crippen molar-refractivity contribution in [2.24, 2.45) is 0 Å². The van der Waals surface area contributed by atoms with Gasteiger partial charge in [-0.25, -0.2) is 0 Å². The fraction of sp³-hybridized carbons (Fsp3) is 0.143. The highest BCUT2D eigenvalue weighted by Crippen LogP contribution is 2.70. The largest absolute Gasteiger partial charge is 0.508 e. The van der Waals surface area contributed by atoms with Gasteiger partial charge in [0.2, 0.25) is 0 Å². The minimum absolute atomic E-state index is 0.0358. The number of rotatable bonds is 4. The highest BCUT2D eigenvalue weighted by atomic mass is 16.5. The molecule has 51 heavy (non-hydrogen) atoms. The molecule has 0 aromatic heterocycles. The lowest BCUT2D eigenvalue weighted by Crippen LogP contribution is -2.20. The first-order valence-corrected chi connectivity index (χ1v) is 16.6. The number of aromatic hydroxyl groups is 8. The first-order chi connectivity index (χ1) is 24.6. The number of benzene rings is 6. The van der Waals surface area contributed by atoms with Gasteiger partial charge >= 0.3 is 0 Å². The lowest BCUT2D eigenvalue weighted by atomic mass is 9.69. The van der Waals surface area contributed by atoms with Crippen LogP contribution in [-0.2, 0) is 0 Å². The third-order valence-corrected chi connectivity index (χ3v) is 10.9. The first-order valence-electron chi connectivity index (χ1n) is 16.6. The first kappa shape index (κ1) is 30.6.